The number of aromatic amines is 1. The van der Waals surface area contributed by atoms with Crippen LogP contribution in [0.2, 0.25) is 5.02 Å². The molecular weight excluding hydrogens is 468 g/mol. The number of hydrogen-bond acceptors (Lipinski definition) is 5. The topological polar surface area (TPSA) is 65.0 Å². The summed E-state index contributed by atoms with van der Waals surface area (Å²) >= 11 is 10.6. The van der Waals surface area contributed by atoms with Gasteiger partial charge in [-0.15, -0.1) is 0 Å². The molecule has 0 bridgehead atoms. The number of nitrogens with zero attached hydrogens (tertiary/aromatic N) is 3. The van der Waals surface area contributed by atoms with Crippen molar-refractivity contribution in [3.63, 3.8) is 0 Å². The summed E-state index contributed by atoms with van der Waals surface area (Å²) < 4.78 is 12.8. The summed E-state index contributed by atoms with van der Waals surface area (Å²) in [4.78, 5) is 7.90. The molecule has 0 fully saturated rings. The summed E-state index contributed by atoms with van der Waals surface area (Å²) in [6, 6.07) is 25.4. The van der Waals surface area contributed by atoms with E-state index in [-0.39, 0.29) is 0 Å². The Kier molecular flexibility index (Phi) is 6.29. The number of rotatable bonds is 7. The number of methoxy groups -OCH3 is 1. The van der Waals surface area contributed by atoms with Crippen molar-refractivity contribution in [1.29, 1.82) is 0 Å². The highest BCUT2D eigenvalue weighted by molar-refractivity contribution is 7.75. The fourth-order valence-corrected chi connectivity index (χ4v) is 4.25. The Balaban J connectivity index is 1.61. The quantitative estimate of drug-likeness (QED) is 0.201. The highest BCUT2D eigenvalue weighted by Crippen LogP contribution is 2.40. The van der Waals surface area contributed by atoms with Gasteiger partial charge in [-0.05, 0) is 23.8 Å². The van der Waals surface area contributed by atoms with Gasteiger partial charge in [0.05, 0.1) is 25.5 Å². The number of ether oxygens (including phenoxy) is 1. The maximum atomic E-state index is 6.38. The van der Waals surface area contributed by atoms with Crippen molar-refractivity contribution < 1.29 is 8.92 Å². The first-order valence-corrected chi connectivity index (χ1v) is 11.3. The van der Waals surface area contributed by atoms with E-state index in [1.165, 1.54) is 0 Å². The summed E-state index contributed by atoms with van der Waals surface area (Å²) in [5, 5.41) is 5.52. The molecule has 2 aromatic heterocycles. The van der Waals surface area contributed by atoms with Crippen molar-refractivity contribution in [2.45, 2.75) is 6.54 Å². The minimum Gasteiger partial charge on any atom is -0.497 e. The molecule has 0 unspecified atom stereocenters. The van der Waals surface area contributed by atoms with Gasteiger partial charge in [0, 0.05) is 29.1 Å². The molecule has 0 saturated heterocycles. The summed E-state index contributed by atoms with van der Waals surface area (Å²) in [6.45, 7) is 0.524. The highest BCUT2D eigenvalue weighted by Gasteiger charge is 2.24. The first-order chi connectivity index (χ1) is 16.7. The molecule has 34 heavy (non-hydrogen) atoms. The fourth-order valence-electron chi connectivity index (χ4n) is 3.84. The Morgan fingerprint density at radius 3 is 2.41 bits per heavy atom. The first kappa shape index (κ1) is 22.1. The molecular formula is C26H21ClN4O2S. The standard InChI is InChI=1S/C26H21ClN4O2S/c1-32-19-13-11-17(12-14-19)16-31-24(18-7-3-2-4-8-18)25(33-34)23(30-31)26-28-15-22(29-26)20-9-5-6-10-21(20)27/h2-15,34H,16H2,1H3,(H,28,29). The lowest BCUT2D eigenvalue weighted by Gasteiger charge is -2.09. The molecule has 0 radical (unpaired) electrons. The van der Waals surface area contributed by atoms with E-state index in [4.69, 9.17) is 25.6 Å². The molecule has 170 valence electrons. The molecule has 0 aliphatic rings. The number of benzene rings is 3. The highest BCUT2D eigenvalue weighted by atomic mass is 35.5. The number of halogens is 1. The number of thiol groups is 1. The summed E-state index contributed by atoms with van der Waals surface area (Å²) in [5.74, 6) is 1.88. The maximum absolute atomic E-state index is 6.38. The minimum absolute atomic E-state index is 0.517. The lowest BCUT2D eigenvalue weighted by Crippen LogP contribution is -2.04. The number of H-pyrrole nitrogens is 1. The zero-order valence-electron chi connectivity index (χ0n) is 18.3. The molecule has 0 saturated carbocycles. The molecule has 5 aromatic rings. The van der Waals surface area contributed by atoms with E-state index in [1.807, 2.05) is 83.5 Å². The van der Waals surface area contributed by atoms with Gasteiger partial charge >= 0.3 is 0 Å². The molecule has 0 atom stereocenters. The van der Waals surface area contributed by atoms with Crippen LogP contribution in [0.1, 0.15) is 5.56 Å². The van der Waals surface area contributed by atoms with Crippen LogP contribution in [0.15, 0.2) is 85.1 Å². The third kappa shape index (κ3) is 4.27. The van der Waals surface area contributed by atoms with Crippen LogP contribution in [0.3, 0.4) is 0 Å². The van der Waals surface area contributed by atoms with Gasteiger partial charge in [-0.1, -0.05) is 72.3 Å². The predicted octanol–water partition coefficient (Wildman–Crippen LogP) is 6.54. The molecule has 5 rings (SSSR count). The molecule has 0 spiro atoms. The fraction of sp³-hybridized carbons (Fsp3) is 0.0769. The molecule has 2 heterocycles. The Labute approximate surface area is 207 Å². The van der Waals surface area contributed by atoms with Crippen molar-refractivity contribution in [2.75, 3.05) is 7.11 Å². The van der Waals surface area contributed by atoms with E-state index in [1.54, 1.807) is 13.3 Å². The van der Waals surface area contributed by atoms with Crippen LogP contribution in [-0.4, -0.2) is 26.9 Å². The van der Waals surface area contributed by atoms with Crippen LogP contribution in [0, 0.1) is 0 Å². The second kappa shape index (κ2) is 9.67. The molecule has 3 aromatic carbocycles. The van der Waals surface area contributed by atoms with E-state index >= 15 is 0 Å². The lowest BCUT2D eigenvalue weighted by molar-refractivity contribution is 0.414. The number of aromatic nitrogens is 4. The van der Waals surface area contributed by atoms with Crippen LogP contribution < -0.4 is 8.92 Å². The van der Waals surface area contributed by atoms with E-state index in [2.05, 4.69) is 22.9 Å². The normalized spacial score (nSPS) is 10.9. The van der Waals surface area contributed by atoms with Crippen molar-refractivity contribution >= 4 is 24.5 Å². The van der Waals surface area contributed by atoms with E-state index in [0.29, 0.717) is 28.8 Å². The summed E-state index contributed by atoms with van der Waals surface area (Å²) in [7, 11) is 1.65. The molecule has 6 nitrogen and oxygen atoms in total. The minimum atomic E-state index is 0.517. The third-order valence-electron chi connectivity index (χ3n) is 5.50. The van der Waals surface area contributed by atoms with Crippen molar-refractivity contribution in [3.05, 3.63) is 95.6 Å². The zero-order valence-corrected chi connectivity index (χ0v) is 19.9. The average Bonchev–Trinajstić information content (AvgIpc) is 3.50. The maximum Gasteiger partial charge on any atom is 0.194 e. The lowest BCUT2D eigenvalue weighted by atomic mass is 10.1. The predicted molar refractivity (Wildman–Crippen MR) is 137 cm³/mol. The third-order valence-corrected chi connectivity index (χ3v) is 6.02. The largest absolute Gasteiger partial charge is 0.497 e. The van der Waals surface area contributed by atoms with Gasteiger partial charge in [-0.2, -0.15) is 5.10 Å². The number of nitrogens with one attached hydrogen (secondary N) is 1. The Morgan fingerprint density at radius 2 is 1.71 bits per heavy atom. The van der Waals surface area contributed by atoms with E-state index < -0.39 is 0 Å². The van der Waals surface area contributed by atoms with Gasteiger partial charge in [-0.3, -0.25) is 4.68 Å². The van der Waals surface area contributed by atoms with Gasteiger partial charge in [0.2, 0.25) is 0 Å². The number of hydrogen-bond donors (Lipinski definition) is 2. The SMILES string of the molecule is COc1ccc(Cn2nc(-c3ncc(-c4ccccc4Cl)[nH]3)c(OS)c2-c2ccccc2)cc1. The van der Waals surface area contributed by atoms with E-state index in [0.717, 1.165) is 33.8 Å². The van der Waals surface area contributed by atoms with Gasteiger partial charge < -0.3 is 13.9 Å². The Bertz CT molecular complexity index is 1410. The molecule has 8 heteroatoms. The van der Waals surface area contributed by atoms with Crippen LogP contribution in [0.25, 0.3) is 34.0 Å². The molecule has 0 amide bonds. The van der Waals surface area contributed by atoms with Crippen molar-refractivity contribution in [2.24, 2.45) is 0 Å². The van der Waals surface area contributed by atoms with Crippen molar-refractivity contribution in [1.82, 2.24) is 19.7 Å². The average molecular weight is 489 g/mol. The molecule has 0 aliphatic heterocycles. The van der Waals surface area contributed by atoms with Crippen LogP contribution in [0.4, 0.5) is 0 Å². The Hall–Kier alpha value is -3.68. The zero-order chi connectivity index (χ0) is 23.5. The summed E-state index contributed by atoms with van der Waals surface area (Å²) in [5.41, 5.74) is 5.03. The van der Waals surface area contributed by atoms with Crippen LogP contribution >= 0.6 is 24.5 Å². The number of imidazole rings is 1. The summed E-state index contributed by atoms with van der Waals surface area (Å²) in [6.07, 6.45) is 1.74. The first-order valence-electron chi connectivity index (χ1n) is 10.6. The molecule has 1 N–H and O–H groups in total. The molecule has 0 aliphatic carbocycles. The van der Waals surface area contributed by atoms with Gasteiger partial charge in [-0.25, -0.2) is 4.98 Å². The van der Waals surface area contributed by atoms with Crippen LogP contribution in [0.5, 0.6) is 11.5 Å². The monoisotopic (exact) mass is 488 g/mol. The second-order valence-corrected chi connectivity index (χ2v) is 8.20. The van der Waals surface area contributed by atoms with Crippen LogP contribution in [-0.2, 0) is 6.54 Å². The van der Waals surface area contributed by atoms with Gasteiger partial charge in [0.1, 0.15) is 11.4 Å². The second-order valence-electron chi connectivity index (χ2n) is 7.61. The van der Waals surface area contributed by atoms with Gasteiger partial charge in [0.25, 0.3) is 0 Å². The van der Waals surface area contributed by atoms with E-state index in [9.17, 15) is 0 Å². The van der Waals surface area contributed by atoms with Gasteiger partial charge in [0.15, 0.2) is 17.3 Å². The Morgan fingerprint density at radius 1 is 0.971 bits per heavy atom. The smallest absolute Gasteiger partial charge is 0.194 e. The van der Waals surface area contributed by atoms with Crippen molar-refractivity contribution in [3.8, 4) is 45.5 Å².